The minimum atomic E-state index is -0.735. The quantitative estimate of drug-likeness (QED) is 0.0822. The van der Waals surface area contributed by atoms with Gasteiger partial charge in [-0.05, 0) is 55.6 Å². The van der Waals surface area contributed by atoms with E-state index in [4.69, 9.17) is 10.2 Å². The number of nitrogens with zero attached hydrogens (tertiary/aromatic N) is 4. The van der Waals surface area contributed by atoms with Crippen molar-refractivity contribution in [2.45, 2.75) is 33.6 Å². The van der Waals surface area contributed by atoms with Crippen LogP contribution in [0.2, 0.25) is 0 Å². The molecular weight excluding hydrogens is 599 g/mol. The van der Waals surface area contributed by atoms with Crippen molar-refractivity contribution >= 4 is 50.8 Å². The highest BCUT2D eigenvalue weighted by Crippen LogP contribution is 2.53. The van der Waals surface area contributed by atoms with E-state index in [0.29, 0.717) is 40.4 Å². The molecule has 232 valence electrons. The number of allylic oxidation sites excluding steroid dienone is 4. The van der Waals surface area contributed by atoms with Crippen molar-refractivity contribution in [3.63, 3.8) is 0 Å². The smallest absolute Gasteiger partial charge is 0.252 e. The number of para-hydroxylation sites is 2. The average Bonchev–Trinajstić information content (AvgIpc) is 3.65. The largest absolute Gasteiger partial charge is 0.507 e. The Hall–Kier alpha value is -6.04. The number of benzene rings is 4. The van der Waals surface area contributed by atoms with Crippen LogP contribution < -0.4 is 10.9 Å². The van der Waals surface area contributed by atoms with Crippen LogP contribution in [-0.4, -0.2) is 62.0 Å². The zero-order valence-electron chi connectivity index (χ0n) is 25.5. The number of rotatable bonds is 2. The van der Waals surface area contributed by atoms with Crippen LogP contribution >= 0.6 is 0 Å². The van der Waals surface area contributed by atoms with Gasteiger partial charge in [-0.3, -0.25) is 0 Å². The Morgan fingerprint density at radius 1 is 0.596 bits per heavy atom. The molecule has 47 heavy (non-hydrogen) atoms. The summed E-state index contributed by atoms with van der Waals surface area (Å²) in [5.74, 6) is -3.27. The molecular formula is C35H27BN4O7. The second-order valence-electron chi connectivity index (χ2n) is 12.5. The van der Waals surface area contributed by atoms with Gasteiger partial charge in [-0.15, -0.1) is 0 Å². The molecule has 0 atom stereocenters. The summed E-state index contributed by atoms with van der Waals surface area (Å²) in [7, 11) is 0. The molecule has 3 aliphatic rings. The van der Waals surface area contributed by atoms with Gasteiger partial charge in [0.1, 0.15) is 22.9 Å². The summed E-state index contributed by atoms with van der Waals surface area (Å²) in [6.07, 6.45) is 3.42. The third-order valence-corrected chi connectivity index (χ3v) is 10.2. The van der Waals surface area contributed by atoms with E-state index < -0.39 is 23.0 Å². The van der Waals surface area contributed by atoms with Crippen LogP contribution in [0.5, 0.6) is 40.2 Å². The molecule has 0 saturated heterocycles. The highest BCUT2D eigenvalue weighted by atomic mass is 16.3. The summed E-state index contributed by atoms with van der Waals surface area (Å²) in [4.78, 5) is 0. The Bertz CT molecular complexity index is 2480. The predicted octanol–water partition coefficient (Wildman–Crippen LogP) is 4.61. The Kier molecular flexibility index (Phi) is 5.12. The van der Waals surface area contributed by atoms with E-state index >= 15 is 0 Å². The third-order valence-electron chi connectivity index (χ3n) is 10.2. The van der Waals surface area contributed by atoms with Crippen molar-refractivity contribution in [1.29, 1.82) is 0 Å². The minimum Gasteiger partial charge on any atom is -0.507 e. The van der Waals surface area contributed by atoms with Gasteiger partial charge >= 0.3 is 0 Å². The number of aromatic nitrogens is 4. The van der Waals surface area contributed by atoms with Gasteiger partial charge in [0.15, 0.2) is 23.0 Å². The van der Waals surface area contributed by atoms with Gasteiger partial charge in [-0.2, -0.15) is 10.2 Å². The maximum atomic E-state index is 11.2. The van der Waals surface area contributed by atoms with Crippen molar-refractivity contribution in [3.05, 3.63) is 64.6 Å². The molecule has 0 unspecified atom stereocenters. The number of hydrogen-bond acceptors (Lipinski definition) is 9. The maximum Gasteiger partial charge on any atom is 0.252 e. The van der Waals surface area contributed by atoms with Crippen LogP contribution in [0, 0.1) is 20.8 Å². The molecule has 1 aliphatic carbocycles. The summed E-state index contributed by atoms with van der Waals surface area (Å²) < 4.78 is 3.68. The molecule has 0 bridgehead atoms. The minimum absolute atomic E-state index is 0.0154. The van der Waals surface area contributed by atoms with Crippen LogP contribution in [0.25, 0.3) is 55.7 Å². The van der Waals surface area contributed by atoms with Crippen LogP contribution in [-0.2, 0) is 0 Å². The normalized spacial score (nSPS) is 14.7. The van der Waals surface area contributed by atoms with E-state index in [1.807, 2.05) is 41.1 Å². The lowest BCUT2D eigenvalue weighted by molar-refractivity contribution is 0.359. The molecule has 12 heteroatoms. The van der Waals surface area contributed by atoms with E-state index in [-0.39, 0.29) is 46.3 Å². The van der Waals surface area contributed by atoms with E-state index in [0.717, 1.165) is 38.8 Å². The molecule has 0 fully saturated rings. The fourth-order valence-corrected chi connectivity index (χ4v) is 7.76. The topological polar surface area (TPSA) is 177 Å². The second-order valence-corrected chi connectivity index (χ2v) is 12.5. The molecule has 11 nitrogen and oxygen atoms in total. The van der Waals surface area contributed by atoms with Gasteiger partial charge in [0, 0.05) is 27.6 Å². The van der Waals surface area contributed by atoms with E-state index in [9.17, 15) is 35.7 Å². The van der Waals surface area contributed by atoms with Gasteiger partial charge < -0.3 is 35.7 Å². The lowest BCUT2D eigenvalue weighted by Gasteiger charge is -2.35. The molecule has 0 radical (unpaired) electrons. The van der Waals surface area contributed by atoms with Crippen molar-refractivity contribution < 1.29 is 35.7 Å². The van der Waals surface area contributed by atoms with Crippen molar-refractivity contribution in [2.75, 3.05) is 0 Å². The zero-order chi connectivity index (χ0) is 32.8. The van der Waals surface area contributed by atoms with E-state index in [1.165, 1.54) is 6.92 Å². The summed E-state index contributed by atoms with van der Waals surface area (Å²) in [6.45, 7) is 4.52. The Labute approximate surface area is 266 Å². The third kappa shape index (κ3) is 3.12. The van der Waals surface area contributed by atoms with Crippen molar-refractivity contribution in [2.24, 2.45) is 0 Å². The van der Waals surface area contributed by atoms with Gasteiger partial charge in [0.05, 0.1) is 27.9 Å². The molecule has 0 spiro atoms. The Morgan fingerprint density at radius 3 is 1.74 bits per heavy atom. The molecule has 2 aliphatic heterocycles. The first-order valence-corrected chi connectivity index (χ1v) is 15.2. The number of phenolic OH excluding ortho intramolecular Hbond substituents is 7. The molecule has 4 heterocycles. The summed E-state index contributed by atoms with van der Waals surface area (Å²) in [5.41, 5.74) is 7.65. The molecule has 4 aromatic carbocycles. The predicted molar refractivity (Wildman–Crippen MR) is 178 cm³/mol. The highest BCUT2D eigenvalue weighted by molar-refractivity contribution is 6.97. The molecule has 2 aromatic heterocycles. The Balaban J connectivity index is 1.36. The molecule has 0 amide bonds. The van der Waals surface area contributed by atoms with Gasteiger partial charge in [0.25, 0.3) is 6.71 Å². The zero-order valence-corrected chi connectivity index (χ0v) is 25.5. The van der Waals surface area contributed by atoms with Crippen LogP contribution in [0.1, 0.15) is 29.5 Å². The van der Waals surface area contributed by atoms with Gasteiger partial charge in [-0.25, -0.2) is 9.36 Å². The standard InChI is InChI=1S/C35H27BN4O7/c1-13-14(2)31(43)33(45)22(29(13)41)25-16-7-4-9-18-27(16)39(37-25)20-11-6-12-21-24(20)36(18)19-10-5-8-17-26(38-40(21)28(17)19)23-30(42)15(3)32(44)35(47)34(23)46/h4-5,7-10,12,41-47H,6,11H2,1-3H3. The Morgan fingerprint density at radius 2 is 1.11 bits per heavy atom. The van der Waals surface area contributed by atoms with Gasteiger partial charge in [0.2, 0.25) is 5.75 Å². The van der Waals surface area contributed by atoms with Crippen molar-refractivity contribution in [3.8, 4) is 62.8 Å². The first-order chi connectivity index (χ1) is 22.5. The monoisotopic (exact) mass is 626 g/mol. The number of phenols is 7. The first-order valence-electron chi connectivity index (χ1n) is 15.2. The fourth-order valence-electron chi connectivity index (χ4n) is 7.76. The molecule has 9 rings (SSSR count). The molecule has 7 N–H and O–H groups in total. The second kappa shape index (κ2) is 8.82. The summed E-state index contributed by atoms with van der Waals surface area (Å²) >= 11 is 0. The van der Waals surface area contributed by atoms with Crippen molar-refractivity contribution in [1.82, 2.24) is 19.6 Å². The lowest BCUT2D eigenvalue weighted by atomic mass is 9.33. The first kappa shape index (κ1) is 27.3. The van der Waals surface area contributed by atoms with Gasteiger partial charge in [-0.1, -0.05) is 42.5 Å². The van der Waals surface area contributed by atoms with E-state index in [1.54, 1.807) is 18.5 Å². The van der Waals surface area contributed by atoms with Crippen LogP contribution in [0.4, 0.5) is 0 Å². The summed E-state index contributed by atoms with van der Waals surface area (Å²) in [5, 5.41) is 87.1. The van der Waals surface area contributed by atoms with Crippen LogP contribution in [0.3, 0.4) is 0 Å². The molecule has 6 aromatic rings. The SMILES string of the molecule is Cc1c(C)c(O)c(-c2nn3c4c(cccc24)B2C4=C3CCC=C4n3nc(-c4c(O)c(C)c(O)c(O)c4O)c4cccc2c43)c(O)c1O. The maximum absolute atomic E-state index is 11.2. The fraction of sp³-hybridized carbons (Fsp3) is 0.143. The number of fused-ring (bicyclic) bond motifs is 4. The summed E-state index contributed by atoms with van der Waals surface area (Å²) in [6, 6.07) is 11.6. The average molecular weight is 626 g/mol. The van der Waals surface area contributed by atoms with E-state index in [2.05, 4.69) is 6.08 Å². The lowest BCUT2D eigenvalue weighted by Crippen LogP contribution is -2.52. The van der Waals surface area contributed by atoms with Crippen LogP contribution in [0.15, 0.2) is 47.9 Å². The highest BCUT2D eigenvalue weighted by Gasteiger charge is 2.44. The number of aromatic hydroxyl groups is 7. The number of hydrogen-bond donors (Lipinski definition) is 7. The molecule has 0 saturated carbocycles.